The molecule has 0 saturated carbocycles. The zero-order chi connectivity index (χ0) is 20.3. The summed E-state index contributed by atoms with van der Waals surface area (Å²) in [6, 6.07) is 9.46. The smallest absolute Gasteiger partial charge is 0.255 e. The summed E-state index contributed by atoms with van der Waals surface area (Å²) in [7, 11) is -3.71. The van der Waals surface area contributed by atoms with Crippen LogP contribution in [0.15, 0.2) is 41.3 Å². The lowest BCUT2D eigenvalue weighted by molar-refractivity contribution is 0.0730. The van der Waals surface area contributed by atoms with Crippen LogP contribution in [0.4, 0.5) is 5.69 Å². The molecular weight excluding hydrogens is 423 g/mol. The molecule has 1 aliphatic heterocycles. The SMILES string of the molecule is CCc1ccc(C(=O)Nc2ccc(Cl)c(Cl)c2)cc1S(=O)(=O)N1CCOCC1. The number of carbonyl (C=O) groups excluding carboxylic acids is 1. The Morgan fingerprint density at radius 3 is 2.46 bits per heavy atom. The second kappa shape index (κ2) is 8.80. The van der Waals surface area contributed by atoms with Crippen molar-refractivity contribution >= 4 is 44.8 Å². The van der Waals surface area contributed by atoms with Gasteiger partial charge >= 0.3 is 0 Å². The fourth-order valence-electron chi connectivity index (χ4n) is 2.93. The summed E-state index contributed by atoms with van der Waals surface area (Å²) in [6.07, 6.45) is 0.535. The van der Waals surface area contributed by atoms with E-state index in [1.165, 1.54) is 16.4 Å². The van der Waals surface area contributed by atoms with Gasteiger partial charge in [0.15, 0.2) is 0 Å². The number of halogens is 2. The Hall–Kier alpha value is -1.64. The molecule has 0 spiro atoms. The maximum atomic E-state index is 13.1. The lowest BCUT2D eigenvalue weighted by atomic mass is 10.1. The number of nitrogens with one attached hydrogen (secondary N) is 1. The highest BCUT2D eigenvalue weighted by molar-refractivity contribution is 7.89. The topological polar surface area (TPSA) is 75.7 Å². The van der Waals surface area contributed by atoms with Crippen LogP contribution >= 0.6 is 23.2 Å². The van der Waals surface area contributed by atoms with E-state index in [1.807, 2.05) is 6.92 Å². The number of sulfonamides is 1. The number of anilines is 1. The normalized spacial score (nSPS) is 15.4. The van der Waals surface area contributed by atoms with Gasteiger partial charge in [-0.05, 0) is 42.3 Å². The molecule has 3 rings (SSSR count). The molecule has 150 valence electrons. The van der Waals surface area contributed by atoms with Gasteiger partial charge in [-0.1, -0.05) is 36.2 Å². The highest BCUT2D eigenvalue weighted by Gasteiger charge is 2.29. The maximum absolute atomic E-state index is 13.1. The van der Waals surface area contributed by atoms with Crippen molar-refractivity contribution in [2.45, 2.75) is 18.2 Å². The first-order valence-electron chi connectivity index (χ1n) is 8.80. The average Bonchev–Trinajstić information content (AvgIpc) is 2.71. The van der Waals surface area contributed by atoms with Crippen LogP contribution in [0.5, 0.6) is 0 Å². The first kappa shape index (κ1) is 21.1. The van der Waals surface area contributed by atoms with Gasteiger partial charge in [-0.25, -0.2) is 8.42 Å². The first-order valence-corrected chi connectivity index (χ1v) is 11.0. The highest BCUT2D eigenvalue weighted by Crippen LogP contribution is 2.27. The van der Waals surface area contributed by atoms with Crippen LogP contribution < -0.4 is 5.32 Å². The van der Waals surface area contributed by atoms with Crippen LogP contribution in [0, 0.1) is 0 Å². The van der Waals surface area contributed by atoms with Crippen molar-refractivity contribution in [1.29, 1.82) is 0 Å². The Morgan fingerprint density at radius 2 is 1.82 bits per heavy atom. The molecule has 0 aromatic heterocycles. The molecule has 6 nitrogen and oxygen atoms in total. The Bertz CT molecular complexity index is 989. The van der Waals surface area contributed by atoms with Crippen LogP contribution in [0.25, 0.3) is 0 Å². The lowest BCUT2D eigenvalue weighted by Gasteiger charge is -2.27. The van der Waals surface area contributed by atoms with Crippen molar-refractivity contribution in [3.63, 3.8) is 0 Å². The number of rotatable bonds is 5. The van der Waals surface area contributed by atoms with Crippen molar-refractivity contribution < 1.29 is 17.9 Å². The predicted molar refractivity (Wildman–Crippen MR) is 110 cm³/mol. The third kappa shape index (κ3) is 4.50. The van der Waals surface area contributed by atoms with E-state index in [9.17, 15) is 13.2 Å². The number of hydrogen-bond acceptors (Lipinski definition) is 4. The van der Waals surface area contributed by atoms with Crippen molar-refractivity contribution in [3.05, 3.63) is 57.6 Å². The molecule has 1 amide bonds. The predicted octanol–water partition coefficient (Wildman–Crippen LogP) is 3.83. The quantitative estimate of drug-likeness (QED) is 0.762. The summed E-state index contributed by atoms with van der Waals surface area (Å²) in [5, 5.41) is 3.41. The van der Waals surface area contributed by atoms with Gasteiger partial charge in [-0.15, -0.1) is 0 Å². The van der Waals surface area contributed by atoms with Gasteiger partial charge in [0, 0.05) is 24.3 Å². The zero-order valence-corrected chi connectivity index (χ0v) is 17.6. The molecule has 2 aromatic carbocycles. The van der Waals surface area contributed by atoms with E-state index >= 15 is 0 Å². The third-order valence-corrected chi connectivity index (χ3v) is 7.20. The minimum Gasteiger partial charge on any atom is -0.379 e. The van der Waals surface area contributed by atoms with E-state index in [0.29, 0.717) is 54.0 Å². The van der Waals surface area contributed by atoms with Crippen molar-refractivity contribution in [1.82, 2.24) is 4.31 Å². The summed E-state index contributed by atoms with van der Waals surface area (Å²) in [4.78, 5) is 12.8. The monoisotopic (exact) mass is 442 g/mol. The second-order valence-electron chi connectivity index (χ2n) is 6.28. The van der Waals surface area contributed by atoms with E-state index in [4.69, 9.17) is 27.9 Å². The Balaban J connectivity index is 1.91. The summed E-state index contributed by atoms with van der Waals surface area (Å²) in [6.45, 7) is 3.19. The fraction of sp³-hybridized carbons (Fsp3) is 0.316. The van der Waals surface area contributed by atoms with Gasteiger partial charge in [0.2, 0.25) is 10.0 Å². The van der Waals surface area contributed by atoms with Crippen molar-refractivity contribution in [2.24, 2.45) is 0 Å². The van der Waals surface area contributed by atoms with Crippen molar-refractivity contribution in [3.8, 4) is 0 Å². The van der Waals surface area contributed by atoms with Crippen LogP contribution in [0.3, 0.4) is 0 Å². The molecule has 0 aliphatic carbocycles. The van der Waals surface area contributed by atoms with Crippen molar-refractivity contribution in [2.75, 3.05) is 31.6 Å². The van der Waals surface area contributed by atoms with Gasteiger partial charge in [0.25, 0.3) is 5.91 Å². The van der Waals surface area contributed by atoms with E-state index < -0.39 is 15.9 Å². The summed E-state index contributed by atoms with van der Waals surface area (Å²) in [5.74, 6) is -0.431. The van der Waals surface area contributed by atoms with Crippen LogP contribution in [0.1, 0.15) is 22.8 Å². The van der Waals surface area contributed by atoms with Gasteiger partial charge in [0.1, 0.15) is 0 Å². The Kier molecular flexibility index (Phi) is 6.62. The van der Waals surface area contributed by atoms with Crippen LogP contribution in [-0.4, -0.2) is 44.9 Å². The molecule has 2 aromatic rings. The molecule has 9 heteroatoms. The molecule has 0 atom stereocenters. The largest absolute Gasteiger partial charge is 0.379 e. The number of benzene rings is 2. The minimum absolute atomic E-state index is 0.152. The zero-order valence-electron chi connectivity index (χ0n) is 15.2. The van der Waals surface area contributed by atoms with E-state index in [0.717, 1.165) is 0 Å². The molecule has 1 aliphatic rings. The molecule has 0 radical (unpaired) electrons. The standard InChI is InChI=1S/C19H20Cl2N2O4S/c1-2-13-3-4-14(19(24)22-15-5-6-16(20)17(21)12-15)11-18(13)28(25,26)23-7-9-27-10-8-23/h3-6,11-12H,2,7-10H2,1H3,(H,22,24). The molecule has 1 saturated heterocycles. The van der Waals surface area contributed by atoms with E-state index in [1.54, 1.807) is 24.3 Å². The van der Waals surface area contributed by atoms with E-state index in [-0.39, 0.29) is 10.5 Å². The number of carbonyl (C=O) groups is 1. The third-order valence-electron chi connectivity index (χ3n) is 4.48. The molecule has 0 bridgehead atoms. The Morgan fingerprint density at radius 1 is 1.11 bits per heavy atom. The average molecular weight is 443 g/mol. The fourth-order valence-corrected chi connectivity index (χ4v) is 4.96. The first-order chi connectivity index (χ1) is 13.3. The number of nitrogens with zero attached hydrogens (tertiary/aromatic N) is 1. The highest BCUT2D eigenvalue weighted by atomic mass is 35.5. The summed E-state index contributed by atoms with van der Waals surface area (Å²) in [5.41, 5.74) is 1.38. The number of ether oxygens (including phenoxy) is 1. The molecule has 1 N–H and O–H groups in total. The van der Waals surface area contributed by atoms with Crippen LogP contribution in [0.2, 0.25) is 10.0 Å². The summed E-state index contributed by atoms with van der Waals surface area (Å²) >= 11 is 11.9. The molecule has 0 unspecified atom stereocenters. The lowest BCUT2D eigenvalue weighted by Crippen LogP contribution is -2.41. The summed E-state index contributed by atoms with van der Waals surface area (Å²) < 4.78 is 32.8. The minimum atomic E-state index is -3.71. The van der Waals surface area contributed by atoms with Gasteiger partial charge in [-0.2, -0.15) is 4.31 Å². The number of morpholine rings is 1. The van der Waals surface area contributed by atoms with Gasteiger partial charge in [0.05, 0.1) is 28.2 Å². The number of amides is 1. The Labute approximate surface area is 174 Å². The molecule has 1 fully saturated rings. The van der Waals surface area contributed by atoms with E-state index in [2.05, 4.69) is 5.32 Å². The van der Waals surface area contributed by atoms with Gasteiger partial charge in [-0.3, -0.25) is 4.79 Å². The number of aryl methyl sites for hydroxylation is 1. The second-order valence-corrected chi connectivity index (χ2v) is 9.00. The van der Waals surface area contributed by atoms with Gasteiger partial charge < -0.3 is 10.1 Å². The van der Waals surface area contributed by atoms with Crippen LogP contribution in [-0.2, 0) is 21.2 Å². The molecular formula is C19H20Cl2N2O4S. The molecule has 28 heavy (non-hydrogen) atoms. The maximum Gasteiger partial charge on any atom is 0.255 e. The number of hydrogen-bond donors (Lipinski definition) is 1. The molecule has 1 heterocycles.